The van der Waals surface area contributed by atoms with Crippen LogP contribution in [0.3, 0.4) is 0 Å². The Balaban J connectivity index is 2.32. The van der Waals surface area contributed by atoms with E-state index in [9.17, 15) is 0 Å². The highest BCUT2D eigenvalue weighted by atomic mass is 28.1. The van der Waals surface area contributed by atoms with Gasteiger partial charge in [-0.1, -0.05) is 52.4 Å². The molecular weight excluding hydrogens is 160 g/mol. The molecule has 2 atom stereocenters. The summed E-state index contributed by atoms with van der Waals surface area (Å²) in [4.78, 5) is 0. The van der Waals surface area contributed by atoms with E-state index in [0.29, 0.717) is 0 Å². The standard InChI is InChI=1S/C11H24Si/c1-3-5-9-7-8-10(6-4-2)11(9)12/h9-11H,3-8H2,1-2,12H3. The molecule has 0 spiro atoms. The molecule has 2 unspecified atom stereocenters. The maximum absolute atomic E-state index is 2.33. The molecule has 1 heteroatoms. The van der Waals surface area contributed by atoms with Crippen molar-refractivity contribution >= 4 is 10.2 Å². The number of hydrogen-bond donors (Lipinski definition) is 0. The van der Waals surface area contributed by atoms with Gasteiger partial charge in [-0.05, 0) is 17.4 Å². The summed E-state index contributed by atoms with van der Waals surface area (Å²) in [6.07, 6.45) is 8.92. The second-order valence-electron chi connectivity index (χ2n) is 4.53. The molecule has 0 N–H and O–H groups in total. The predicted molar refractivity (Wildman–Crippen MR) is 59.7 cm³/mol. The highest BCUT2D eigenvalue weighted by molar-refractivity contribution is 6.12. The SMILES string of the molecule is CCCC1CCC(CCC)C1[SiH3]. The minimum absolute atomic E-state index is 1.12. The Labute approximate surface area is 80.6 Å². The Kier molecular flexibility index (Phi) is 4.34. The molecule has 0 bridgehead atoms. The van der Waals surface area contributed by atoms with Crippen molar-refractivity contribution in [3.8, 4) is 0 Å². The van der Waals surface area contributed by atoms with E-state index in [4.69, 9.17) is 0 Å². The Morgan fingerprint density at radius 3 is 1.75 bits per heavy atom. The van der Waals surface area contributed by atoms with Crippen LogP contribution in [0.2, 0.25) is 5.54 Å². The average Bonchev–Trinajstić information content (AvgIpc) is 2.38. The first-order valence-corrected chi connectivity index (χ1v) is 6.95. The summed E-state index contributed by atoms with van der Waals surface area (Å²) in [6, 6.07) is 0. The second-order valence-corrected chi connectivity index (χ2v) is 5.87. The summed E-state index contributed by atoms with van der Waals surface area (Å²) in [5.74, 6) is 2.25. The fraction of sp³-hybridized carbons (Fsp3) is 1.00. The van der Waals surface area contributed by atoms with E-state index in [1.54, 1.807) is 12.8 Å². The molecule has 1 fully saturated rings. The lowest BCUT2D eigenvalue weighted by Gasteiger charge is -2.19. The van der Waals surface area contributed by atoms with Gasteiger partial charge in [-0.15, -0.1) is 0 Å². The highest BCUT2D eigenvalue weighted by Gasteiger charge is 2.30. The summed E-state index contributed by atoms with van der Waals surface area (Å²) in [6.45, 7) is 4.67. The minimum atomic E-state index is 1.12. The van der Waals surface area contributed by atoms with Crippen LogP contribution in [0.4, 0.5) is 0 Å². The van der Waals surface area contributed by atoms with Crippen molar-refractivity contribution in [2.75, 3.05) is 0 Å². The normalized spacial score (nSPS) is 36.0. The van der Waals surface area contributed by atoms with Crippen LogP contribution < -0.4 is 0 Å². The molecule has 0 radical (unpaired) electrons. The third-order valence-electron chi connectivity index (χ3n) is 3.71. The topological polar surface area (TPSA) is 0 Å². The van der Waals surface area contributed by atoms with Crippen molar-refractivity contribution < 1.29 is 0 Å². The van der Waals surface area contributed by atoms with E-state index in [0.717, 1.165) is 17.4 Å². The lowest BCUT2D eigenvalue weighted by Crippen LogP contribution is -2.08. The molecular formula is C11H24Si. The molecule has 0 aromatic heterocycles. The number of rotatable bonds is 4. The third-order valence-corrected chi connectivity index (χ3v) is 5.60. The lowest BCUT2D eigenvalue weighted by atomic mass is 9.97. The molecule has 1 aliphatic rings. The summed E-state index contributed by atoms with van der Waals surface area (Å²) in [7, 11) is 1.45. The maximum Gasteiger partial charge on any atom is 0.00743 e. The van der Waals surface area contributed by atoms with Crippen molar-refractivity contribution in [2.45, 2.75) is 57.9 Å². The van der Waals surface area contributed by atoms with Gasteiger partial charge in [0.05, 0.1) is 0 Å². The van der Waals surface area contributed by atoms with Crippen LogP contribution in [0, 0.1) is 11.8 Å². The van der Waals surface area contributed by atoms with Crippen LogP contribution in [-0.4, -0.2) is 10.2 Å². The predicted octanol–water partition coefficient (Wildman–Crippen LogP) is 2.77. The van der Waals surface area contributed by atoms with E-state index in [1.165, 1.54) is 35.9 Å². The monoisotopic (exact) mass is 184 g/mol. The molecule has 1 rings (SSSR count). The Morgan fingerprint density at radius 1 is 1.00 bits per heavy atom. The van der Waals surface area contributed by atoms with Gasteiger partial charge in [0, 0.05) is 10.2 Å². The molecule has 0 aromatic rings. The van der Waals surface area contributed by atoms with Gasteiger partial charge < -0.3 is 0 Å². The van der Waals surface area contributed by atoms with Crippen molar-refractivity contribution in [3.63, 3.8) is 0 Å². The zero-order valence-electron chi connectivity index (χ0n) is 8.97. The maximum atomic E-state index is 2.33. The van der Waals surface area contributed by atoms with E-state index in [2.05, 4.69) is 13.8 Å². The molecule has 1 aliphatic carbocycles. The van der Waals surface area contributed by atoms with Gasteiger partial charge in [-0.2, -0.15) is 0 Å². The van der Waals surface area contributed by atoms with Gasteiger partial charge in [-0.25, -0.2) is 0 Å². The van der Waals surface area contributed by atoms with Gasteiger partial charge in [0.2, 0.25) is 0 Å². The molecule has 0 amide bonds. The Bertz CT molecular complexity index is 108. The van der Waals surface area contributed by atoms with Crippen molar-refractivity contribution in [2.24, 2.45) is 11.8 Å². The molecule has 12 heavy (non-hydrogen) atoms. The van der Waals surface area contributed by atoms with Crippen LogP contribution >= 0.6 is 0 Å². The largest absolute Gasteiger partial charge is 0.0654 e. The Morgan fingerprint density at radius 2 is 1.42 bits per heavy atom. The highest BCUT2D eigenvalue weighted by Crippen LogP contribution is 2.43. The van der Waals surface area contributed by atoms with Gasteiger partial charge in [0.15, 0.2) is 0 Å². The first-order valence-electron chi connectivity index (χ1n) is 5.79. The van der Waals surface area contributed by atoms with E-state index < -0.39 is 0 Å². The first kappa shape index (κ1) is 10.3. The summed E-state index contributed by atoms with van der Waals surface area (Å²) >= 11 is 0. The second kappa shape index (κ2) is 5.06. The van der Waals surface area contributed by atoms with Crippen LogP contribution in [0.15, 0.2) is 0 Å². The smallest absolute Gasteiger partial charge is 0.00743 e. The Hall–Kier alpha value is 0.217. The molecule has 0 aromatic carbocycles. The fourth-order valence-electron chi connectivity index (χ4n) is 2.89. The minimum Gasteiger partial charge on any atom is -0.0654 e. The van der Waals surface area contributed by atoms with E-state index in [1.807, 2.05) is 0 Å². The van der Waals surface area contributed by atoms with Crippen molar-refractivity contribution in [1.29, 1.82) is 0 Å². The molecule has 1 saturated carbocycles. The molecule has 72 valence electrons. The van der Waals surface area contributed by atoms with E-state index in [-0.39, 0.29) is 0 Å². The van der Waals surface area contributed by atoms with Crippen molar-refractivity contribution in [3.05, 3.63) is 0 Å². The zero-order chi connectivity index (χ0) is 8.97. The fourth-order valence-corrected chi connectivity index (χ4v) is 4.23. The lowest BCUT2D eigenvalue weighted by molar-refractivity contribution is 0.440. The van der Waals surface area contributed by atoms with Gasteiger partial charge in [-0.3, -0.25) is 0 Å². The zero-order valence-corrected chi connectivity index (χ0v) is 11.0. The summed E-state index contributed by atoms with van der Waals surface area (Å²) in [5, 5.41) is 0. The van der Waals surface area contributed by atoms with Crippen LogP contribution in [-0.2, 0) is 0 Å². The van der Waals surface area contributed by atoms with Crippen molar-refractivity contribution in [1.82, 2.24) is 0 Å². The summed E-state index contributed by atoms with van der Waals surface area (Å²) < 4.78 is 0. The molecule has 0 heterocycles. The average molecular weight is 184 g/mol. The number of hydrogen-bond acceptors (Lipinski definition) is 0. The summed E-state index contributed by atoms with van der Waals surface area (Å²) in [5.41, 5.74) is 1.16. The molecule has 0 nitrogen and oxygen atoms in total. The van der Waals surface area contributed by atoms with Crippen LogP contribution in [0.25, 0.3) is 0 Å². The van der Waals surface area contributed by atoms with Gasteiger partial charge >= 0.3 is 0 Å². The third kappa shape index (κ3) is 2.35. The molecule has 0 saturated heterocycles. The quantitative estimate of drug-likeness (QED) is 0.589. The van der Waals surface area contributed by atoms with Crippen LogP contribution in [0.1, 0.15) is 52.4 Å². The van der Waals surface area contributed by atoms with Crippen LogP contribution in [0.5, 0.6) is 0 Å². The molecule has 0 aliphatic heterocycles. The van der Waals surface area contributed by atoms with Gasteiger partial charge in [0.25, 0.3) is 0 Å². The van der Waals surface area contributed by atoms with E-state index >= 15 is 0 Å². The first-order chi connectivity index (χ1) is 5.79. The van der Waals surface area contributed by atoms with Gasteiger partial charge in [0.1, 0.15) is 0 Å².